The molecule has 0 radical (unpaired) electrons. The van der Waals surface area contributed by atoms with E-state index in [1.165, 1.54) is 38.5 Å². The van der Waals surface area contributed by atoms with Gasteiger partial charge in [-0.05, 0) is 12.8 Å². The smallest absolute Gasteiger partial charge is 0.203 e. The van der Waals surface area contributed by atoms with Gasteiger partial charge < -0.3 is 4.43 Å². The Morgan fingerprint density at radius 2 is 1.91 bits per heavy atom. The molecule has 0 bridgehead atoms. The van der Waals surface area contributed by atoms with Crippen molar-refractivity contribution in [2.45, 2.75) is 45.4 Å². The Hall–Kier alpha value is -0.243. The van der Waals surface area contributed by atoms with E-state index in [9.17, 15) is 0 Å². The zero-order valence-electron chi connectivity index (χ0n) is 7.81. The van der Waals surface area contributed by atoms with E-state index in [-0.39, 0.29) is 0 Å². The molecule has 1 nitrogen and oxygen atoms in total. The molecule has 0 saturated heterocycles. The highest BCUT2D eigenvalue weighted by Crippen LogP contribution is 2.04. The maximum Gasteiger partial charge on any atom is 0.203 e. The van der Waals surface area contributed by atoms with E-state index in [0.29, 0.717) is 0 Å². The predicted octanol–water partition coefficient (Wildman–Crippen LogP) is 2.16. The van der Waals surface area contributed by atoms with Gasteiger partial charge in [0, 0.05) is 0 Å². The molecule has 0 aliphatic rings. The summed E-state index contributed by atoms with van der Waals surface area (Å²) < 4.78 is 4.93. The first-order valence-electron chi connectivity index (χ1n) is 4.59. The molecule has 0 unspecified atom stereocenters. The first kappa shape index (κ1) is 10.8. The molecule has 0 aromatic carbocycles. The van der Waals surface area contributed by atoms with Gasteiger partial charge in [0.1, 0.15) is 0 Å². The Labute approximate surface area is 73.4 Å². The van der Waals surface area contributed by atoms with Gasteiger partial charge in [-0.2, -0.15) is 0 Å². The molecule has 0 spiro atoms. The maximum absolute atomic E-state index is 4.93. The number of rotatable bonds is 7. The third-order valence-corrected chi connectivity index (χ3v) is 1.98. The average molecular weight is 172 g/mol. The van der Waals surface area contributed by atoms with Crippen LogP contribution in [0.3, 0.4) is 0 Å². The van der Waals surface area contributed by atoms with E-state index in [2.05, 4.69) is 13.0 Å². The van der Waals surface area contributed by atoms with Crippen LogP contribution in [0.15, 0.2) is 12.3 Å². The van der Waals surface area contributed by atoms with Crippen molar-refractivity contribution in [3.63, 3.8) is 0 Å². The van der Waals surface area contributed by atoms with Crippen molar-refractivity contribution in [3.8, 4) is 0 Å². The van der Waals surface area contributed by atoms with E-state index >= 15 is 0 Å². The first-order valence-corrected chi connectivity index (χ1v) is 5.41. The van der Waals surface area contributed by atoms with Gasteiger partial charge in [0.2, 0.25) is 10.5 Å². The van der Waals surface area contributed by atoms with Gasteiger partial charge in [-0.15, -0.1) is 0 Å². The molecule has 0 aromatic rings. The van der Waals surface area contributed by atoms with Crippen molar-refractivity contribution in [1.82, 2.24) is 0 Å². The van der Waals surface area contributed by atoms with Crippen molar-refractivity contribution in [2.75, 3.05) is 0 Å². The van der Waals surface area contributed by atoms with Crippen molar-refractivity contribution in [3.05, 3.63) is 12.3 Å². The topological polar surface area (TPSA) is 9.23 Å². The number of hydrogen-bond donors (Lipinski definition) is 0. The Morgan fingerprint density at radius 1 is 1.18 bits per heavy atom. The van der Waals surface area contributed by atoms with Crippen LogP contribution in [0.25, 0.3) is 0 Å². The van der Waals surface area contributed by atoms with Crippen LogP contribution >= 0.6 is 0 Å². The quantitative estimate of drug-likeness (QED) is 0.325. The number of hydrogen-bond acceptors (Lipinski definition) is 1. The van der Waals surface area contributed by atoms with Gasteiger partial charge in [0.25, 0.3) is 0 Å². The lowest BCUT2D eigenvalue weighted by Crippen LogP contribution is -1.76. The molecule has 11 heavy (non-hydrogen) atoms. The molecule has 0 aliphatic heterocycles. The van der Waals surface area contributed by atoms with Crippen LogP contribution in [0, 0.1) is 0 Å². The molecule has 0 saturated carbocycles. The molecule has 0 heterocycles. The van der Waals surface area contributed by atoms with Crippen LogP contribution in [0.1, 0.15) is 45.4 Å². The summed E-state index contributed by atoms with van der Waals surface area (Å²) in [7, 11) is 0.823. The zero-order valence-corrected chi connectivity index (χ0v) is 9.81. The van der Waals surface area contributed by atoms with E-state index in [0.717, 1.165) is 10.5 Å². The Morgan fingerprint density at radius 3 is 2.55 bits per heavy atom. The second kappa shape index (κ2) is 9.76. The highest BCUT2D eigenvalue weighted by atomic mass is 28.2. The SMILES string of the molecule is CCCCCCCC=CO[SiH3]. The normalized spacial score (nSPS) is 11.0. The van der Waals surface area contributed by atoms with E-state index in [1.54, 1.807) is 0 Å². The lowest BCUT2D eigenvalue weighted by molar-refractivity contribution is 0.529. The lowest BCUT2D eigenvalue weighted by Gasteiger charge is -1.95. The second-order valence-corrected chi connectivity index (χ2v) is 3.28. The molecular formula is C9H20OSi. The predicted molar refractivity (Wildman–Crippen MR) is 53.5 cm³/mol. The Kier molecular flexibility index (Phi) is 9.54. The van der Waals surface area contributed by atoms with Crippen molar-refractivity contribution < 1.29 is 4.43 Å². The third kappa shape index (κ3) is 9.76. The standard InChI is InChI=1S/C9H20OSi/c1-2-3-4-5-6-7-8-9-10-11/h8-9H,2-7H2,1,11H3. The van der Waals surface area contributed by atoms with Crippen LogP contribution in [-0.2, 0) is 4.43 Å². The van der Waals surface area contributed by atoms with Crippen molar-refractivity contribution >= 4 is 10.5 Å². The van der Waals surface area contributed by atoms with Crippen molar-refractivity contribution in [1.29, 1.82) is 0 Å². The van der Waals surface area contributed by atoms with Crippen LogP contribution in [-0.4, -0.2) is 10.5 Å². The summed E-state index contributed by atoms with van der Waals surface area (Å²) in [6, 6.07) is 0. The fraction of sp³-hybridized carbons (Fsp3) is 0.778. The third-order valence-electron chi connectivity index (χ3n) is 1.71. The summed E-state index contributed by atoms with van der Waals surface area (Å²) in [6.07, 6.45) is 11.9. The van der Waals surface area contributed by atoms with E-state index < -0.39 is 0 Å². The van der Waals surface area contributed by atoms with Crippen molar-refractivity contribution in [2.24, 2.45) is 0 Å². The minimum Gasteiger partial charge on any atom is -0.559 e. The lowest BCUT2D eigenvalue weighted by atomic mass is 10.1. The average Bonchev–Trinajstić information content (AvgIpc) is 2.03. The van der Waals surface area contributed by atoms with Gasteiger partial charge in [-0.25, -0.2) is 0 Å². The second-order valence-electron chi connectivity index (χ2n) is 2.81. The summed E-state index contributed by atoms with van der Waals surface area (Å²) in [5.74, 6) is 0. The monoisotopic (exact) mass is 172 g/mol. The minimum atomic E-state index is 0.823. The first-order chi connectivity index (χ1) is 5.41. The summed E-state index contributed by atoms with van der Waals surface area (Å²) in [4.78, 5) is 0. The molecule has 0 N–H and O–H groups in total. The molecule has 0 fully saturated rings. The van der Waals surface area contributed by atoms with Gasteiger partial charge >= 0.3 is 0 Å². The highest BCUT2D eigenvalue weighted by Gasteiger charge is 1.85. The Balaban J connectivity index is 2.85. The highest BCUT2D eigenvalue weighted by molar-refractivity contribution is 5.98. The van der Waals surface area contributed by atoms with Crippen LogP contribution in [0.5, 0.6) is 0 Å². The molecular weight excluding hydrogens is 152 g/mol. The fourth-order valence-corrected chi connectivity index (χ4v) is 1.22. The van der Waals surface area contributed by atoms with Crippen LogP contribution in [0.4, 0.5) is 0 Å². The number of allylic oxidation sites excluding steroid dienone is 1. The van der Waals surface area contributed by atoms with Gasteiger partial charge in [-0.1, -0.05) is 38.7 Å². The minimum absolute atomic E-state index is 0.823. The van der Waals surface area contributed by atoms with Crippen LogP contribution in [0.2, 0.25) is 0 Å². The molecule has 0 aliphatic carbocycles. The summed E-state index contributed by atoms with van der Waals surface area (Å²) >= 11 is 0. The molecule has 2 heteroatoms. The molecule has 0 atom stereocenters. The molecule has 0 amide bonds. The van der Waals surface area contributed by atoms with Gasteiger partial charge in [-0.3, -0.25) is 0 Å². The fourth-order valence-electron chi connectivity index (χ4n) is 1.03. The summed E-state index contributed by atoms with van der Waals surface area (Å²) in [5.41, 5.74) is 0. The Bertz CT molecular complexity index is 91.6. The number of unbranched alkanes of at least 4 members (excludes halogenated alkanes) is 5. The van der Waals surface area contributed by atoms with E-state index in [1.807, 2.05) is 6.26 Å². The molecule has 0 aromatic heterocycles. The zero-order chi connectivity index (χ0) is 8.36. The van der Waals surface area contributed by atoms with Gasteiger partial charge in [0.05, 0.1) is 6.26 Å². The molecule has 66 valence electrons. The largest absolute Gasteiger partial charge is 0.559 e. The molecule has 0 rings (SSSR count). The summed E-state index contributed by atoms with van der Waals surface area (Å²) in [6.45, 7) is 2.25. The van der Waals surface area contributed by atoms with Crippen LogP contribution < -0.4 is 0 Å². The summed E-state index contributed by atoms with van der Waals surface area (Å²) in [5, 5.41) is 0. The van der Waals surface area contributed by atoms with E-state index in [4.69, 9.17) is 4.43 Å². The van der Waals surface area contributed by atoms with Gasteiger partial charge in [0.15, 0.2) is 0 Å². The maximum atomic E-state index is 4.93.